The molecule has 0 saturated heterocycles. The fourth-order valence-corrected chi connectivity index (χ4v) is 2.46. The number of nitrogens with zero attached hydrogens (tertiary/aromatic N) is 1. The molecule has 0 aliphatic heterocycles. The summed E-state index contributed by atoms with van der Waals surface area (Å²) in [4.78, 5) is 16.4. The zero-order chi connectivity index (χ0) is 13.9. The van der Waals surface area contributed by atoms with Crippen LogP contribution in [-0.4, -0.2) is 17.6 Å². The van der Waals surface area contributed by atoms with Crippen LogP contribution in [-0.2, 0) is 9.53 Å². The number of esters is 1. The van der Waals surface area contributed by atoms with Crippen molar-refractivity contribution >= 4 is 5.97 Å². The van der Waals surface area contributed by atoms with E-state index in [9.17, 15) is 4.79 Å². The van der Waals surface area contributed by atoms with Gasteiger partial charge in [-0.3, -0.25) is 9.78 Å². The third-order valence-corrected chi connectivity index (χ3v) is 3.60. The number of ether oxygens (including phenoxy) is 1. The van der Waals surface area contributed by atoms with Crippen molar-refractivity contribution in [1.82, 2.24) is 4.98 Å². The fraction of sp³-hybridized carbons (Fsp3) is 0.294. The number of hydrogen-bond donors (Lipinski definition) is 0. The van der Waals surface area contributed by atoms with Crippen LogP contribution >= 0.6 is 0 Å². The van der Waals surface area contributed by atoms with Crippen LogP contribution < -0.4 is 0 Å². The first-order valence-electron chi connectivity index (χ1n) is 6.98. The zero-order valence-electron chi connectivity index (χ0n) is 11.5. The average molecular weight is 267 g/mol. The van der Waals surface area contributed by atoms with Gasteiger partial charge in [-0.15, -0.1) is 0 Å². The van der Waals surface area contributed by atoms with Gasteiger partial charge in [-0.1, -0.05) is 36.4 Å². The van der Waals surface area contributed by atoms with Crippen molar-refractivity contribution in [3.8, 4) is 11.3 Å². The standard InChI is InChI=1S/C17H17NO2/c1-2-20-17(19)14-11-13(14)16-10-6-9-15(18-16)12-7-4-3-5-8-12/h3-10,13-14H,2,11H2,1H3. The van der Waals surface area contributed by atoms with E-state index in [2.05, 4.69) is 4.98 Å². The second kappa shape index (κ2) is 5.45. The Balaban J connectivity index is 1.78. The summed E-state index contributed by atoms with van der Waals surface area (Å²) >= 11 is 0. The molecular formula is C17H17NO2. The van der Waals surface area contributed by atoms with E-state index in [0.717, 1.165) is 23.4 Å². The molecule has 2 atom stereocenters. The quantitative estimate of drug-likeness (QED) is 0.797. The third-order valence-electron chi connectivity index (χ3n) is 3.60. The first kappa shape index (κ1) is 12.9. The van der Waals surface area contributed by atoms with Crippen molar-refractivity contribution in [1.29, 1.82) is 0 Å². The SMILES string of the molecule is CCOC(=O)C1CC1c1cccc(-c2ccccc2)n1. The molecule has 2 unspecified atom stereocenters. The van der Waals surface area contributed by atoms with Gasteiger partial charge in [-0.25, -0.2) is 0 Å². The summed E-state index contributed by atoms with van der Waals surface area (Å²) in [7, 11) is 0. The van der Waals surface area contributed by atoms with Crippen molar-refractivity contribution in [3.63, 3.8) is 0 Å². The number of benzene rings is 1. The second-order valence-corrected chi connectivity index (χ2v) is 5.01. The van der Waals surface area contributed by atoms with Crippen molar-refractivity contribution in [3.05, 3.63) is 54.2 Å². The van der Waals surface area contributed by atoms with Crippen LogP contribution in [0.15, 0.2) is 48.5 Å². The number of aromatic nitrogens is 1. The Kier molecular flexibility index (Phi) is 3.50. The van der Waals surface area contributed by atoms with Crippen molar-refractivity contribution in [2.45, 2.75) is 19.3 Å². The minimum atomic E-state index is -0.0931. The van der Waals surface area contributed by atoms with Gasteiger partial charge < -0.3 is 4.74 Å². The molecular weight excluding hydrogens is 250 g/mol. The highest BCUT2D eigenvalue weighted by atomic mass is 16.5. The summed E-state index contributed by atoms with van der Waals surface area (Å²) in [5.41, 5.74) is 3.05. The summed E-state index contributed by atoms with van der Waals surface area (Å²) in [5, 5.41) is 0. The molecule has 0 bridgehead atoms. The van der Waals surface area contributed by atoms with E-state index in [0.29, 0.717) is 6.61 Å². The van der Waals surface area contributed by atoms with Crippen LogP contribution in [0.25, 0.3) is 11.3 Å². The zero-order valence-corrected chi connectivity index (χ0v) is 11.5. The molecule has 0 N–H and O–H groups in total. The Morgan fingerprint density at radius 2 is 2.00 bits per heavy atom. The van der Waals surface area contributed by atoms with Crippen LogP contribution in [0.3, 0.4) is 0 Å². The molecule has 20 heavy (non-hydrogen) atoms. The van der Waals surface area contributed by atoms with Gasteiger partial charge >= 0.3 is 5.97 Å². The van der Waals surface area contributed by atoms with Crippen LogP contribution in [0.5, 0.6) is 0 Å². The van der Waals surface area contributed by atoms with Gasteiger partial charge in [0, 0.05) is 17.2 Å². The van der Waals surface area contributed by atoms with Gasteiger partial charge in [0.05, 0.1) is 18.2 Å². The highest BCUT2D eigenvalue weighted by Crippen LogP contribution is 2.47. The maximum atomic E-state index is 11.7. The lowest BCUT2D eigenvalue weighted by atomic mass is 10.1. The molecule has 1 saturated carbocycles. The molecule has 3 nitrogen and oxygen atoms in total. The maximum absolute atomic E-state index is 11.7. The van der Waals surface area contributed by atoms with E-state index in [1.54, 1.807) is 0 Å². The molecule has 1 aromatic heterocycles. The lowest BCUT2D eigenvalue weighted by Crippen LogP contribution is -2.07. The minimum Gasteiger partial charge on any atom is -0.466 e. The highest BCUT2D eigenvalue weighted by Gasteiger charge is 2.46. The van der Waals surface area contributed by atoms with Crippen LogP contribution in [0.1, 0.15) is 25.0 Å². The lowest BCUT2D eigenvalue weighted by molar-refractivity contribution is -0.144. The molecule has 1 aliphatic rings. The Hall–Kier alpha value is -2.16. The number of pyridine rings is 1. The molecule has 1 heterocycles. The lowest BCUT2D eigenvalue weighted by Gasteiger charge is -2.04. The number of carbonyl (C=O) groups excluding carboxylic acids is 1. The maximum Gasteiger partial charge on any atom is 0.309 e. The smallest absolute Gasteiger partial charge is 0.309 e. The summed E-state index contributed by atoms with van der Waals surface area (Å²) in [5.74, 6) is 0.121. The fourth-order valence-electron chi connectivity index (χ4n) is 2.46. The van der Waals surface area contributed by atoms with E-state index >= 15 is 0 Å². The molecule has 0 spiro atoms. The van der Waals surface area contributed by atoms with E-state index in [4.69, 9.17) is 4.74 Å². The highest BCUT2D eigenvalue weighted by molar-refractivity contribution is 5.77. The molecule has 2 aromatic rings. The third kappa shape index (κ3) is 2.57. The van der Waals surface area contributed by atoms with E-state index in [1.165, 1.54) is 0 Å². The van der Waals surface area contributed by atoms with E-state index < -0.39 is 0 Å². The predicted octanol–water partition coefficient (Wildman–Crippen LogP) is 3.42. The van der Waals surface area contributed by atoms with E-state index in [1.807, 2.05) is 55.5 Å². The molecule has 102 valence electrons. The number of hydrogen-bond acceptors (Lipinski definition) is 3. The normalized spacial score (nSPS) is 20.4. The summed E-state index contributed by atoms with van der Waals surface area (Å²) < 4.78 is 5.07. The first-order valence-corrected chi connectivity index (χ1v) is 6.98. The van der Waals surface area contributed by atoms with Gasteiger partial charge in [-0.05, 0) is 25.5 Å². The largest absolute Gasteiger partial charge is 0.466 e. The number of rotatable bonds is 4. The summed E-state index contributed by atoms with van der Waals surface area (Å²) in [6, 6.07) is 16.1. The average Bonchev–Trinajstić information content (AvgIpc) is 3.29. The van der Waals surface area contributed by atoms with Gasteiger partial charge in [0.25, 0.3) is 0 Å². The first-order chi connectivity index (χ1) is 9.79. The Morgan fingerprint density at radius 1 is 1.20 bits per heavy atom. The van der Waals surface area contributed by atoms with Gasteiger partial charge in [0.2, 0.25) is 0 Å². The summed E-state index contributed by atoms with van der Waals surface area (Å²) in [6.07, 6.45) is 0.851. The Bertz CT molecular complexity index is 609. The predicted molar refractivity (Wildman–Crippen MR) is 77.2 cm³/mol. The van der Waals surface area contributed by atoms with Gasteiger partial charge in [0.1, 0.15) is 0 Å². The van der Waals surface area contributed by atoms with E-state index in [-0.39, 0.29) is 17.8 Å². The molecule has 1 aromatic carbocycles. The molecule has 0 radical (unpaired) electrons. The number of carbonyl (C=O) groups is 1. The Morgan fingerprint density at radius 3 is 2.75 bits per heavy atom. The molecule has 3 rings (SSSR count). The second-order valence-electron chi connectivity index (χ2n) is 5.01. The van der Waals surface area contributed by atoms with Gasteiger partial charge in [-0.2, -0.15) is 0 Å². The molecule has 1 aliphatic carbocycles. The molecule has 3 heteroatoms. The molecule has 1 fully saturated rings. The summed E-state index contributed by atoms with van der Waals surface area (Å²) in [6.45, 7) is 2.28. The van der Waals surface area contributed by atoms with Gasteiger partial charge in [0.15, 0.2) is 0 Å². The van der Waals surface area contributed by atoms with Crippen molar-refractivity contribution < 1.29 is 9.53 Å². The van der Waals surface area contributed by atoms with Crippen molar-refractivity contribution in [2.75, 3.05) is 6.61 Å². The molecule has 0 amide bonds. The minimum absolute atomic E-state index is 0.00604. The van der Waals surface area contributed by atoms with Crippen LogP contribution in [0, 0.1) is 5.92 Å². The van der Waals surface area contributed by atoms with Crippen LogP contribution in [0.4, 0.5) is 0 Å². The van der Waals surface area contributed by atoms with Crippen molar-refractivity contribution in [2.24, 2.45) is 5.92 Å². The topological polar surface area (TPSA) is 39.2 Å². The van der Waals surface area contributed by atoms with Crippen LogP contribution in [0.2, 0.25) is 0 Å². The monoisotopic (exact) mass is 267 g/mol. The Labute approximate surface area is 118 Å².